The molecule has 2 amide bonds. The molecule has 4 fully saturated rings. The van der Waals surface area contributed by atoms with Crippen molar-refractivity contribution in [1.82, 2.24) is 46.0 Å². The highest BCUT2D eigenvalue weighted by molar-refractivity contribution is 8.03. The van der Waals surface area contributed by atoms with E-state index in [0.29, 0.717) is 37.2 Å². The van der Waals surface area contributed by atoms with Gasteiger partial charge in [0.25, 0.3) is 0 Å². The Labute approximate surface area is 225 Å². The van der Waals surface area contributed by atoms with Crippen LogP contribution in [-0.2, 0) is 20.9 Å². The van der Waals surface area contributed by atoms with Crippen molar-refractivity contribution in [2.24, 2.45) is 17.8 Å². The number of likely N-dealkylation sites (tertiary alicyclic amines) is 1. The van der Waals surface area contributed by atoms with Crippen LogP contribution >= 0.6 is 11.8 Å². The van der Waals surface area contributed by atoms with Crippen molar-refractivity contribution in [3.05, 3.63) is 16.9 Å². The molecule has 0 radical (unpaired) electrons. The van der Waals surface area contributed by atoms with E-state index in [1.807, 2.05) is 11.8 Å². The molecule has 6 heterocycles. The maximum Gasteiger partial charge on any atom is 0.353 e. The summed E-state index contributed by atoms with van der Waals surface area (Å²) < 4.78 is 1.37. The number of carboxylic acids is 1. The van der Waals surface area contributed by atoms with Crippen LogP contribution in [-0.4, -0.2) is 115 Å². The number of hydrogen-bond donors (Lipinski definition) is 4. The Morgan fingerprint density at radius 1 is 1.29 bits per heavy atom. The fourth-order valence-corrected chi connectivity index (χ4v) is 8.58. The monoisotopic (exact) mass is 545 g/mol. The molecule has 4 saturated heterocycles. The second-order valence-electron chi connectivity index (χ2n) is 11.2. The zero-order chi connectivity index (χ0) is 26.6. The summed E-state index contributed by atoms with van der Waals surface area (Å²) in [5.74, 6) is -0.174. The molecule has 4 N–H and O–H groups in total. The van der Waals surface area contributed by atoms with Gasteiger partial charge in [0.2, 0.25) is 11.8 Å². The standard InChI is InChI=1S/C24H35N9O4S/c1-12-20-16(13(2)28-19(34)10-31-11-27-29-30-31)9-33(20)21(24(36)37)22(12)38-15-5-17(26-7-15)23(35)32-4-3-14-6-25-8-18(14)32/h11-18,20,25-26H,3-10H2,1-2H3,(H,28,34)(H,36,37)/t12-,13-,14?,15+,16-,17?,18?,20-/m1/s1. The van der Waals surface area contributed by atoms with Gasteiger partial charge >= 0.3 is 5.97 Å². The van der Waals surface area contributed by atoms with E-state index in [-0.39, 0.29) is 53.6 Å². The summed E-state index contributed by atoms with van der Waals surface area (Å²) in [6.45, 7) is 8.07. The topological polar surface area (TPSA) is 158 Å². The molecule has 0 spiro atoms. The predicted molar refractivity (Wildman–Crippen MR) is 137 cm³/mol. The summed E-state index contributed by atoms with van der Waals surface area (Å²) in [7, 11) is 0. The predicted octanol–water partition coefficient (Wildman–Crippen LogP) is -1.29. The number of carbonyl (C=O) groups excluding carboxylic acids is 2. The maximum absolute atomic E-state index is 13.3. The minimum atomic E-state index is -0.911. The second kappa shape index (κ2) is 10.1. The summed E-state index contributed by atoms with van der Waals surface area (Å²) in [6.07, 6.45) is 3.16. The van der Waals surface area contributed by atoms with Crippen LogP contribution < -0.4 is 16.0 Å². The number of carbonyl (C=O) groups is 3. The van der Waals surface area contributed by atoms with E-state index in [1.54, 1.807) is 11.8 Å². The molecule has 38 heavy (non-hydrogen) atoms. The van der Waals surface area contributed by atoms with Crippen LogP contribution in [0.5, 0.6) is 0 Å². The molecule has 5 aliphatic heterocycles. The van der Waals surface area contributed by atoms with Crippen molar-refractivity contribution in [2.45, 2.75) is 62.7 Å². The van der Waals surface area contributed by atoms with Gasteiger partial charge in [-0.25, -0.2) is 9.48 Å². The Morgan fingerprint density at radius 2 is 2.13 bits per heavy atom. The highest BCUT2D eigenvalue weighted by atomic mass is 32.2. The van der Waals surface area contributed by atoms with E-state index in [1.165, 1.54) is 11.0 Å². The van der Waals surface area contributed by atoms with Gasteiger partial charge in [-0.1, -0.05) is 6.92 Å². The molecule has 6 rings (SSSR count). The third kappa shape index (κ3) is 4.45. The fourth-order valence-electron chi connectivity index (χ4n) is 7.08. The zero-order valence-electron chi connectivity index (χ0n) is 21.6. The molecule has 206 valence electrons. The summed E-state index contributed by atoms with van der Waals surface area (Å²) in [5.41, 5.74) is 0.380. The first-order valence-corrected chi connectivity index (χ1v) is 14.3. The first-order chi connectivity index (χ1) is 18.3. The summed E-state index contributed by atoms with van der Waals surface area (Å²) in [5, 5.41) is 30.9. The van der Waals surface area contributed by atoms with Gasteiger partial charge in [-0.2, -0.15) is 0 Å². The van der Waals surface area contributed by atoms with Crippen LogP contribution in [0.15, 0.2) is 16.9 Å². The lowest BCUT2D eigenvalue weighted by atomic mass is 9.79. The molecular weight excluding hydrogens is 510 g/mol. The highest BCUT2D eigenvalue weighted by Gasteiger charge is 2.54. The van der Waals surface area contributed by atoms with Crippen molar-refractivity contribution in [2.75, 3.05) is 32.7 Å². The van der Waals surface area contributed by atoms with Gasteiger partial charge in [0.05, 0.1) is 6.04 Å². The van der Waals surface area contributed by atoms with Crippen LogP contribution in [0.25, 0.3) is 0 Å². The molecule has 5 aliphatic rings. The van der Waals surface area contributed by atoms with Crippen LogP contribution in [0.1, 0.15) is 26.7 Å². The zero-order valence-corrected chi connectivity index (χ0v) is 22.4. The van der Waals surface area contributed by atoms with Gasteiger partial charge in [-0.3, -0.25) is 9.59 Å². The number of carboxylic acid groups (broad SMARTS) is 1. The molecular formula is C24H35N9O4S. The van der Waals surface area contributed by atoms with E-state index in [0.717, 1.165) is 31.0 Å². The molecule has 1 aromatic rings. The summed E-state index contributed by atoms with van der Waals surface area (Å²) in [4.78, 5) is 43.0. The Bertz CT molecular complexity index is 1130. The molecule has 0 saturated carbocycles. The van der Waals surface area contributed by atoms with E-state index < -0.39 is 5.97 Å². The summed E-state index contributed by atoms with van der Waals surface area (Å²) >= 11 is 1.62. The Kier molecular flexibility index (Phi) is 6.80. The number of aliphatic carboxylic acids is 1. The largest absolute Gasteiger partial charge is 0.477 e. The minimum absolute atomic E-state index is 0.0233. The lowest BCUT2D eigenvalue weighted by Gasteiger charge is -2.50. The quantitative estimate of drug-likeness (QED) is 0.308. The lowest BCUT2D eigenvalue weighted by molar-refractivity contribution is -0.137. The third-order valence-corrected chi connectivity index (χ3v) is 10.5. The van der Waals surface area contributed by atoms with Gasteiger partial charge < -0.3 is 30.9 Å². The summed E-state index contributed by atoms with van der Waals surface area (Å²) in [6, 6.07) is 0.00208. The normalized spacial score (nSPS) is 34.7. The van der Waals surface area contributed by atoms with E-state index in [9.17, 15) is 19.5 Å². The third-order valence-electron chi connectivity index (χ3n) is 8.99. The van der Waals surface area contributed by atoms with Crippen LogP contribution in [0, 0.1) is 17.8 Å². The minimum Gasteiger partial charge on any atom is -0.477 e. The molecule has 14 heteroatoms. The number of nitrogens with zero attached hydrogens (tertiary/aromatic N) is 6. The second-order valence-corrected chi connectivity index (χ2v) is 12.6. The van der Waals surface area contributed by atoms with E-state index in [4.69, 9.17) is 0 Å². The molecule has 13 nitrogen and oxygen atoms in total. The number of nitrogens with one attached hydrogen (secondary N) is 3. The smallest absolute Gasteiger partial charge is 0.353 e. The van der Waals surface area contributed by atoms with Crippen molar-refractivity contribution in [3.8, 4) is 0 Å². The fraction of sp³-hybridized carbons (Fsp3) is 0.750. The Morgan fingerprint density at radius 3 is 2.89 bits per heavy atom. The van der Waals surface area contributed by atoms with Gasteiger partial charge in [-0.15, -0.1) is 16.9 Å². The van der Waals surface area contributed by atoms with Gasteiger partial charge in [0.15, 0.2) is 0 Å². The Hall–Kier alpha value is -2.71. The van der Waals surface area contributed by atoms with Crippen LogP contribution in [0.2, 0.25) is 0 Å². The Balaban J connectivity index is 1.07. The van der Waals surface area contributed by atoms with Crippen molar-refractivity contribution < 1.29 is 19.5 Å². The number of hydrogen-bond acceptors (Lipinski definition) is 10. The van der Waals surface area contributed by atoms with Crippen LogP contribution in [0.4, 0.5) is 0 Å². The number of rotatable bonds is 8. The SMILES string of the molecule is C[C@@H](NC(=O)Cn1cnnn1)[C@H]1CN2C(C(=O)O)=C(S[C@@H]3CNC(C(=O)N4CCC5CNCC54)C3)[C@H](C)[C@H]12. The number of fused-ring (bicyclic) bond motifs is 2. The van der Waals surface area contributed by atoms with Crippen molar-refractivity contribution in [1.29, 1.82) is 0 Å². The average molecular weight is 546 g/mol. The number of thioether (sulfide) groups is 1. The van der Waals surface area contributed by atoms with Gasteiger partial charge in [0, 0.05) is 72.8 Å². The van der Waals surface area contributed by atoms with E-state index in [2.05, 4.69) is 43.3 Å². The van der Waals surface area contributed by atoms with Crippen LogP contribution in [0.3, 0.4) is 0 Å². The van der Waals surface area contributed by atoms with Gasteiger partial charge in [-0.05, 0) is 36.1 Å². The molecule has 0 bridgehead atoms. The number of amides is 2. The lowest BCUT2D eigenvalue weighted by Crippen LogP contribution is -2.62. The first kappa shape index (κ1) is 25.6. The van der Waals surface area contributed by atoms with Crippen molar-refractivity contribution in [3.63, 3.8) is 0 Å². The molecule has 1 aromatic heterocycles. The highest BCUT2D eigenvalue weighted by Crippen LogP contribution is 2.51. The number of tetrazole rings is 1. The molecule has 3 unspecified atom stereocenters. The van der Waals surface area contributed by atoms with E-state index >= 15 is 0 Å². The molecule has 0 aliphatic carbocycles. The molecule has 8 atom stereocenters. The first-order valence-electron chi connectivity index (χ1n) is 13.5. The average Bonchev–Trinajstić information content (AvgIpc) is 3.65. The maximum atomic E-state index is 13.3. The van der Waals surface area contributed by atoms with Crippen molar-refractivity contribution >= 4 is 29.5 Å². The van der Waals surface area contributed by atoms with Gasteiger partial charge in [0.1, 0.15) is 18.6 Å². The number of aromatic nitrogens is 4. The molecule has 0 aromatic carbocycles.